The van der Waals surface area contributed by atoms with Gasteiger partial charge in [-0.2, -0.15) is 5.10 Å². The quantitative estimate of drug-likeness (QED) is 0.823. The Labute approximate surface area is 145 Å². The van der Waals surface area contributed by atoms with Gasteiger partial charge in [0.1, 0.15) is 31.1 Å². The van der Waals surface area contributed by atoms with Crippen molar-refractivity contribution in [2.45, 2.75) is 33.1 Å². The molecule has 1 aromatic heterocycles. The Hall–Kier alpha value is -2.12. The Balaban J connectivity index is 2.31. The van der Waals surface area contributed by atoms with Gasteiger partial charge in [0, 0.05) is 5.02 Å². The van der Waals surface area contributed by atoms with Crippen molar-refractivity contribution in [1.29, 1.82) is 0 Å². The summed E-state index contributed by atoms with van der Waals surface area (Å²) >= 11 is 5.89. The number of benzene rings is 1. The number of aromatic nitrogens is 3. The summed E-state index contributed by atoms with van der Waals surface area (Å²) in [6.07, 6.45) is 1.62. The van der Waals surface area contributed by atoms with E-state index in [1.54, 1.807) is 24.3 Å². The van der Waals surface area contributed by atoms with Crippen molar-refractivity contribution in [2.75, 3.05) is 6.61 Å². The lowest BCUT2D eigenvalue weighted by Gasteiger charge is -2.36. The van der Waals surface area contributed by atoms with Gasteiger partial charge in [-0.1, -0.05) is 32.4 Å². The summed E-state index contributed by atoms with van der Waals surface area (Å²) in [5, 5.41) is 13.7. The van der Waals surface area contributed by atoms with E-state index in [0.29, 0.717) is 10.8 Å². The minimum atomic E-state index is -1.05. The summed E-state index contributed by atoms with van der Waals surface area (Å²) in [5.74, 6) is -0.485. The summed E-state index contributed by atoms with van der Waals surface area (Å²) in [6, 6.07) is 6.87. The van der Waals surface area contributed by atoms with Crippen molar-refractivity contribution in [2.24, 2.45) is 5.41 Å². The fourth-order valence-electron chi connectivity index (χ4n) is 2.18. The molecule has 0 saturated carbocycles. The Bertz CT molecular complexity index is 653. The highest BCUT2D eigenvalue weighted by Crippen LogP contribution is 2.33. The average Bonchev–Trinajstić information content (AvgIpc) is 3.00. The standard InChI is InChI=1S/C16H20ClN3O4/c1-16(2,3)14(23-8-13(21)22)15(20-10-18-9-19-20)24-12-6-4-11(17)5-7-12/h4-7,9-10,14-15H,8H2,1-3H3,(H,21,22). The predicted octanol–water partition coefficient (Wildman–Crippen LogP) is 3.03. The molecule has 0 amide bonds. The first-order valence-corrected chi connectivity index (χ1v) is 7.75. The summed E-state index contributed by atoms with van der Waals surface area (Å²) < 4.78 is 13.1. The molecule has 0 aliphatic rings. The minimum Gasteiger partial charge on any atom is -0.480 e. The van der Waals surface area contributed by atoms with E-state index >= 15 is 0 Å². The molecule has 0 spiro atoms. The molecule has 24 heavy (non-hydrogen) atoms. The number of rotatable bonds is 7. The summed E-state index contributed by atoms with van der Waals surface area (Å²) in [5.41, 5.74) is -0.404. The van der Waals surface area contributed by atoms with E-state index in [9.17, 15) is 4.79 Å². The van der Waals surface area contributed by atoms with Gasteiger partial charge in [-0.25, -0.2) is 14.5 Å². The summed E-state index contributed by atoms with van der Waals surface area (Å²) in [7, 11) is 0. The van der Waals surface area contributed by atoms with E-state index in [1.165, 1.54) is 17.3 Å². The van der Waals surface area contributed by atoms with Crippen LogP contribution < -0.4 is 4.74 Å². The molecule has 0 fully saturated rings. The predicted molar refractivity (Wildman–Crippen MR) is 88.0 cm³/mol. The van der Waals surface area contributed by atoms with Gasteiger partial charge < -0.3 is 14.6 Å². The fraction of sp³-hybridized carbons (Fsp3) is 0.438. The normalized spacial score (nSPS) is 14.2. The highest BCUT2D eigenvalue weighted by atomic mass is 35.5. The zero-order valence-electron chi connectivity index (χ0n) is 13.7. The molecule has 2 aromatic rings. The molecule has 0 radical (unpaired) electrons. The first-order valence-electron chi connectivity index (χ1n) is 7.37. The van der Waals surface area contributed by atoms with Crippen LogP contribution in [0, 0.1) is 5.41 Å². The number of carboxylic acid groups (broad SMARTS) is 1. The fourth-order valence-corrected chi connectivity index (χ4v) is 2.30. The summed E-state index contributed by atoms with van der Waals surface area (Å²) in [6.45, 7) is 5.38. The van der Waals surface area contributed by atoms with Gasteiger partial charge in [-0.3, -0.25) is 0 Å². The number of hydrogen-bond acceptors (Lipinski definition) is 5. The van der Waals surface area contributed by atoms with Crippen LogP contribution in [0.5, 0.6) is 5.75 Å². The average molecular weight is 354 g/mol. The van der Waals surface area contributed by atoms with Crippen LogP contribution in [0.15, 0.2) is 36.9 Å². The molecule has 2 rings (SSSR count). The second-order valence-electron chi connectivity index (χ2n) is 6.33. The van der Waals surface area contributed by atoms with Crippen LogP contribution >= 0.6 is 11.6 Å². The molecule has 0 aliphatic carbocycles. The van der Waals surface area contributed by atoms with Gasteiger partial charge in [-0.15, -0.1) is 0 Å². The van der Waals surface area contributed by atoms with E-state index in [4.69, 9.17) is 26.2 Å². The third-order valence-corrected chi connectivity index (χ3v) is 3.52. The van der Waals surface area contributed by atoms with Crippen LogP contribution in [0.2, 0.25) is 5.02 Å². The third kappa shape index (κ3) is 4.94. The van der Waals surface area contributed by atoms with Crippen molar-refractivity contribution in [3.8, 4) is 5.75 Å². The topological polar surface area (TPSA) is 86.5 Å². The van der Waals surface area contributed by atoms with Crippen LogP contribution in [-0.4, -0.2) is 38.6 Å². The van der Waals surface area contributed by atoms with Gasteiger partial charge in [0.2, 0.25) is 6.23 Å². The van der Waals surface area contributed by atoms with Crippen molar-refractivity contribution in [1.82, 2.24) is 14.8 Å². The van der Waals surface area contributed by atoms with E-state index in [-0.39, 0.29) is 0 Å². The molecule has 7 nitrogen and oxygen atoms in total. The van der Waals surface area contributed by atoms with Gasteiger partial charge in [-0.05, 0) is 29.7 Å². The number of ether oxygens (including phenoxy) is 2. The molecular weight excluding hydrogens is 334 g/mol. The van der Waals surface area contributed by atoms with E-state index < -0.39 is 30.3 Å². The zero-order valence-corrected chi connectivity index (χ0v) is 14.5. The lowest BCUT2D eigenvalue weighted by atomic mass is 9.87. The largest absolute Gasteiger partial charge is 0.480 e. The van der Waals surface area contributed by atoms with Gasteiger partial charge in [0.25, 0.3) is 0 Å². The highest BCUT2D eigenvalue weighted by molar-refractivity contribution is 6.30. The number of aliphatic carboxylic acids is 1. The molecule has 0 bridgehead atoms. The van der Waals surface area contributed by atoms with Crippen molar-refractivity contribution >= 4 is 17.6 Å². The number of nitrogens with zero attached hydrogens (tertiary/aromatic N) is 3. The van der Waals surface area contributed by atoms with E-state index in [1.807, 2.05) is 20.8 Å². The van der Waals surface area contributed by atoms with Crippen LogP contribution in [0.1, 0.15) is 27.0 Å². The molecule has 2 unspecified atom stereocenters. The van der Waals surface area contributed by atoms with E-state index in [0.717, 1.165) is 0 Å². The Morgan fingerprint density at radius 3 is 2.50 bits per heavy atom. The van der Waals surface area contributed by atoms with Gasteiger partial charge >= 0.3 is 5.97 Å². The van der Waals surface area contributed by atoms with Gasteiger partial charge in [0.05, 0.1) is 0 Å². The minimum absolute atomic E-state index is 0.404. The summed E-state index contributed by atoms with van der Waals surface area (Å²) in [4.78, 5) is 14.9. The Morgan fingerprint density at radius 2 is 2.00 bits per heavy atom. The molecule has 8 heteroatoms. The van der Waals surface area contributed by atoms with Crippen LogP contribution in [0.25, 0.3) is 0 Å². The maximum Gasteiger partial charge on any atom is 0.329 e. The molecule has 0 saturated heterocycles. The zero-order chi connectivity index (χ0) is 17.7. The molecule has 2 atom stereocenters. The maximum absolute atomic E-state index is 10.9. The number of hydrogen-bond donors (Lipinski definition) is 1. The molecule has 1 N–H and O–H groups in total. The molecule has 130 valence electrons. The van der Waals surface area contributed by atoms with Crippen molar-refractivity contribution in [3.63, 3.8) is 0 Å². The molecular formula is C16H20ClN3O4. The third-order valence-electron chi connectivity index (χ3n) is 3.27. The van der Waals surface area contributed by atoms with Crippen LogP contribution in [0.4, 0.5) is 0 Å². The monoisotopic (exact) mass is 353 g/mol. The maximum atomic E-state index is 10.9. The highest BCUT2D eigenvalue weighted by Gasteiger charge is 2.37. The first-order chi connectivity index (χ1) is 11.3. The van der Waals surface area contributed by atoms with Crippen LogP contribution in [-0.2, 0) is 9.53 Å². The van der Waals surface area contributed by atoms with Gasteiger partial charge in [0.15, 0.2) is 0 Å². The number of carbonyl (C=O) groups is 1. The second-order valence-corrected chi connectivity index (χ2v) is 6.77. The molecule has 1 aromatic carbocycles. The molecule has 1 heterocycles. The first kappa shape index (κ1) is 18.2. The SMILES string of the molecule is CC(C)(C)C(OCC(=O)O)C(Oc1ccc(Cl)cc1)n1cncn1. The lowest BCUT2D eigenvalue weighted by molar-refractivity contribution is -0.156. The van der Waals surface area contributed by atoms with Crippen molar-refractivity contribution < 1.29 is 19.4 Å². The van der Waals surface area contributed by atoms with Crippen molar-refractivity contribution in [3.05, 3.63) is 41.9 Å². The second kappa shape index (κ2) is 7.63. The lowest BCUT2D eigenvalue weighted by Crippen LogP contribution is -2.42. The molecule has 0 aliphatic heterocycles. The Morgan fingerprint density at radius 1 is 1.33 bits per heavy atom. The smallest absolute Gasteiger partial charge is 0.329 e. The number of halogens is 1. The van der Waals surface area contributed by atoms with E-state index in [2.05, 4.69) is 10.1 Å². The van der Waals surface area contributed by atoms with Crippen LogP contribution in [0.3, 0.4) is 0 Å². The Kier molecular flexibility index (Phi) is 5.80. The number of carboxylic acids is 1.